The number of benzene rings is 3. The van der Waals surface area contributed by atoms with E-state index >= 15 is 0 Å². The fourth-order valence-corrected chi connectivity index (χ4v) is 4.07. The predicted octanol–water partition coefficient (Wildman–Crippen LogP) is 6.69. The molecule has 4 aromatic rings. The number of thiazole rings is 1. The fourth-order valence-electron chi connectivity index (χ4n) is 2.94. The van der Waals surface area contributed by atoms with E-state index in [9.17, 15) is 5.11 Å². The van der Waals surface area contributed by atoms with Crippen LogP contribution in [0.25, 0.3) is 20.8 Å². The van der Waals surface area contributed by atoms with E-state index in [0.29, 0.717) is 10.6 Å². The number of aryl methyl sites for hydroxylation is 1. The Morgan fingerprint density at radius 2 is 1.81 bits per heavy atom. The van der Waals surface area contributed by atoms with Crippen LogP contribution in [0.2, 0.25) is 5.02 Å². The van der Waals surface area contributed by atoms with Gasteiger partial charge in [-0.1, -0.05) is 23.7 Å². The van der Waals surface area contributed by atoms with Crippen LogP contribution in [0.1, 0.15) is 16.7 Å². The van der Waals surface area contributed by atoms with Gasteiger partial charge >= 0.3 is 0 Å². The van der Waals surface area contributed by atoms with Crippen molar-refractivity contribution in [1.82, 2.24) is 4.98 Å². The summed E-state index contributed by atoms with van der Waals surface area (Å²) in [4.78, 5) is 9.17. The fraction of sp³-hybridized carbons (Fsp3) is 0.0909. The molecule has 4 rings (SSSR count). The average Bonchev–Trinajstić information content (AvgIpc) is 3.11. The van der Waals surface area contributed by atoms with Gasteiger partial charge in [0.15, 0.2) is 0 Å². The first-order chi connectivity index (χ1) is 13.0. The zero-order valence-corrected chi connectivity index (χ0v) is 16.5. The third kappa shape index (κ3) is 3.46. The SMILES string of the molecule is Cc1cc(O)c(C=Nc2ccc(-c3nc4ccccc4s3)cc2)c(C)c1Cl. The van der Waals surface area contributed by atoms with E-state index in [-0.39, 0.29) is 5.75 Å². The molecule has 0 unspecified atom stereocenters. The van der Waals surface area contributed by atoms with Crippen molar-refractivity contribution in [2.75, 3.05) is 0 Å². The molecule has 0 aliphatic rings. The van der Waals surface area contributed by atoms with E-state index in [1.807, 2.05) is 56.3 Å². The number of phenols is 1. The number of hydrogen-bond donors (Lipinski definition) is 1. The first-order valence-electron chi connectivity index (χ1n) is 8.51. The van der Waals surface area contributed by atoms with E-state index < -0.39 is 0 Å². The lowest BCUT2D eigenvalue weighted by molar-refractivity contribution is 0.473. The van der Waals surface area contributed by atoms with E-state index in [1.165, 1.54) is 4.70 Å². The molecule has 5 heteroatoms. The Morgan fingerprint density at radius 3 is 2.56 bits per heavy atom. The predicted molar refractivity (Wildman–Crippen MR) is 115 cm³/mol. The number of halogens is 1. The number of para-hydroxylation sites is 1. The smallest absolute Gasteiger partial charge is 0.124 e. The summed E-state index contributed by atoms with van der Waals surface area (Å²) in [5, 5.41) is 11.8. The summed E-state index contributed by atoms with van der Waals surface area (Å²) in [6.07, 6.45) is 1.66. The first-order valence-corrected chi connectivity index (χ1v) is 9.71. The summed E-state index contributed by atoms with van der Waals surface area (Å²) >= 11 is 7.96. The maximum Gasteiger partial charge on any atom is 0.124 e. The van der Waals surface area contributed by atoms with Crippen LogP contribution in [-0.4, -0.2) is 16.3 Å². The van der Waals surface area contributed by atoms with Crippen molar-refractivity contribution in [3.05, 3.63) is 76.3 Å². The van der Waals surface area contributed by atoms with E-state index in [1.54, 1.807) is 23.6 Å². The summed E-state index contributed by atoms with van der Waals surface area (Å²) in [7, 11) is 0. The largest absolute Gasteiger partial charge is 0.507 e. The minimum atomic E-state index is 0.184. The molecule has 1 aromatic heterocycles. The number of rotatable bonds is 3. The number of fused-ring (bicyclic) bond motifs is 1. The van der Waals surface area contributed by atoms with Gasteiger partial charge in [0.2, 0.25) is 0 Å². The Kier molecular flexibility index (Phi) is 4.68. The molecular weight excluding hydrogens is 376 g/mol. The van der Waals surface area contributed by atoms with Crippen LogP contribution in [0, 0.1) is 13.8 Å². The average molecular weight is 393 g/mol. The van der Waals surface area contributed by atoms with Gasteiger partial charge in [-0.05, 0) is 67.4 Å². The lowest BCUT2D eigenvalue weighted by Gasteiger charge is -2.08. The second-order valence-corrected chi connectivity index (χ2v) is 7.77. The molecule has 0 bridgehead atoms. The molecule has 3 aromatic carbocycles. The van der Waals surface area contributed by atoms with Crippen molar-refractivity contribution >= 4 is 45.1 Å². The summed E-state index contributed by atoms with van der Waals surface area (Å²) in [6.45, 7) is 3.75. The normalized spacial score (nSPS) is 11.5. The number of phenolic OH excluding ortho intramolecular Hbond substituents is 1. The van der Waals surface area contributed by atoms with Gasteiger partial charge in [0.1, 0.15) is 10.8 Å². The van der Waals surface area contributed by atoms with Gasteiger partial charge in [-0.3, -0.25) is 4.99 Å². The Bertz CT molecular complexity index is 1130. The molecule has 0 spiro atoms. The zero-order chi connectivity index (χ0) is 19.0. The van der Waals surface area contributed by atoms with Crippen molar-refractivity contribution < 1.29 is 5.11 Å². The molecule has 1 N–H and O–H groups in total. The van der Waals surface area contributed by atoms with Crippen LogP contribution in [0.3, 0.4) is 0 Å². The van der Waals surface area contributed by atoms with E-state index in [4.69, 9.17) is 11.6 Å². The number of nitrogens with zero attached hydrogens (tertiary/aromatic N) is 2. The molecule has 0 radical (unpaired) electrons. The zero-order valence-electron chi connectivity index (χ0n) is 14.9. The monoisotopic (exact) mass is 392 g/mol. The number of aliphatic imine (C=N–C) groups is 1. The third-order valence-corrected chi connectivity index (χ3v) is 6.13. The number of hydrogen-bond acceptors (Lipinski definition) is 4. The van der Waals surface area contributed by atoms with E-state index in [0.717, 1.165) is 32.9 Å². The van der Waals surface area contributed by atoms with Crippen LogP contribution >= 0.6 is 22.9 Å². The van der Waals surface area contributed by atoms with Gasteiger partial charge in [-0.25, -0.2) is 4.98 Å². The van der Waals surface area contributed by atoms with Crippen molar-refractivity contribution in [3.8, 4) is 16.3 Å². The standard InChI is InChI=1S/C22H17ClN2OS/c1-13-11-19(26)17(14(2)21(13)23)12-24-16-9-7-15(8-10-16)22-25-18-5-3-4-6-20(18)27-22/h3-12,26H,1-2H3. The third-order valence-electron chi connectivity index (χ3n) is 4.46. The Morgan fingerprint density at radius 1 is 1.07 bits per heavy atom. The second kappa shape index (κ2) is 7.14. The van der Waals surface area contributed by atoms with Crippen molar-refractivity contribution in [3.63, 3.8) is 0 Å². The molecule has 0 fully saturated rings. The van der Waals surface area contributed by atoms with Gasteiger partial charge in [0.05, 0.1) is 15.9 Å². The minimum absolute atomic E-state index is 0.184. The maximum atomic E-state index is 10.2. The van der Waals surface area contributed by atoms with Crippen LogP contribution in [0.4, 0.5) is 5.69 Å². The molecule has 1 heterocycles. The number of aromatic hydroxyl groups is 1. The Labute approximate surface area is 166 Å². The molecule has 134 valence electrons. The summed E-state index contributed by atoms with van der Waals surface area (Å²) in [5.41, 5.74) is 5.19. The summed E-state index contributed by atoms with van der Waals surface area (Å²) in [5.74, 6) is 0.184. The van der Waals surface area contributed by atoms with Gasteiger partial charge in [0, 0.05) is 22.4 Å². The lowest BCUT2D eigenvalue weighted by Crippen LogP contribution is -1.92. The molecule has 0 saturated carbocycles. The van der Waals surface area contributed by atoms with Crippen LogP contribution in [-0.2, 0) is 0 Å². The van der Waals surface area contributed by atoms with Crippen molar-refractivity contribution in [2.24, 2.45) is 4.99 Å². The molecule has 27 heavy (non-hydrogen) atoms. The summed E-state index contributed by atoms with van der Waals surface area (Å²) in [6, 6.07) is 17.7. The maximum absolute atomic E-state index is 10.2. The number of aromatic nitrogens is 1. The highest BCUT2D eigenvalue weighted by molar-refractivity contribution is 7.21. The Balaban J connectivity index is 1.61. The molecule has 3 nitrogen and oxygen atoms in total. The second-order valence-electron chi connectivity index (χ2n) is 6.36. The van der Waals surface area contributed by atoms with Gasteiger partial charge in [0.25, 0.3) is 0 Å². The van der Waals surface area contributed by atoms with Crippen LogP contribution in [0.5, 0.6) is 5.75 Å². The molecule has 0 aliphatic carbocycles. The topological polar surface area (TPSA) is 45.5 Å². The van der Waals surface area contributed by atoms with Crippen LogP contribution in [0.15, 0.2) is 59.6 Å². The minimum Gasteiger partial charge on any atom is -0.507 e. The molecule has 0 saturated heterocycles. The van der Waals surface area contributed by atoms with E-state index in [2.05, 4.69) is 16.0 Å². The van der Waals surface area contributed by atoms with Gasteiger partial charge in [-0.15, -0.1) is 11.3 Å². The van der Waals surface area contributed by atoms with Crippen molar-refractivity contribution in [2.45, 2.75) is 13.8 Å². The molecule has 0 atom stereocenters. The highest BCUT2D eigenvalue weighted by Crippen LogP contribution is 2.32. The van der Waals surface area contributed by atoms with Gasteiger partial charge in [-0.2, -0.15) is 0 Å². The quantitative estimate of drug-likeness (QED) is 0.395. The summed E-state index contributed by atoms with van der Waals surface area (Å²) < 4.78 is 1.18. The highest BCUT2D eigenvalue weighted by Gasteiger charge is 2.10. The van der Waals surface area contributed by atoms with Crippen molar-refractivity contribution in [1.29, 1.82) is 0 Å². The first kappa shape index (κ1) is 17.7. The Hall–Kier alpha value is -2.69. The highest BCUT2D eigenvalue weighted by atomic mass is 35.5. The molecule has 0 aliphatic heterocycles. The molecule has 0 amide bonds. The lowest BCUT2D eigenvalue weighted by atomic mass is 10.0. The molecular formula is C22H17ClN2OS. The van der Waals surface area contributed by atoms with Crippen LogP contribution < -0.4 is 0 Å². The van der Waals surface area contributed by atoms with Gasteiger partial charge < -0.3 is 5.11 Å².